The quantitative estimate of drug-likeness (QED) is 0.932. The van der Waals surface area contributed by atoms with Crippen molar-refractivity contribution in [2.24, 2.45) is 5.73 Å². The molecule has 0 saturated carbocycles. The fourth-order valence-electron chi connectivity index (χ4n) is 2.69. The lowest BCUT2D eigenvalue weighted by Crippen LogP contribution is -2.48. The number of ether oxygens (including phenoxy) is 1. The summed E-state index contributed by atoms with van der Waals surface area (Å²) in [6, 6.07) is 8.58. The van der Waals surface area contributed by atoms with E-state index in [1.165, 1.54) is 5.56 Å². The smallest absolute Gasteiger partial charge is 0.0678 e. The molecule has 4 heteroatoms. The van der Waals surface area contributed by atoms with E-state index >= 15 is 0 Å². The van der Waals surface area contributed by atoms with E-state index in [9.17, 15) is 0 Å². The van der Waals surface area contributed by atoms with Crippen molar-refractivity contribution >= 4 is 15.9 Å². The van der Waals surface area contributed by atoms with Gasteiger partial charge in [-0.3, -0.25) is 4.90 Å². The zero-order valence-corrected chi connectivity index (χ0v) is 12.6. The SMILES string of the molecule is C[C@@H]1CN(C(CN)c2ccccc2Br)C[C@H](C)O1. The second kappa shape index (κ2) is 6.15. The molecule has 1 aromatic rings. The molecular weight excluding hydrogens is 292 g/mol. The topological polar surface area (TPSA) is 38.5 Å². The van der Waals surface area contributed by atoms with Crippen molar-refractivity contribution in [3.63, 3.8) is 0 Å². The van der Waals surface area contributed by atoms with Crippen LogP contribution in [0.15, 0.2) is 28.7 Å². The Balaban J connectivity index is 2.20. The Morgan fingerprint density at radius 2 is 1.94 bits per heavy atom. The molecule has 2 rings (SSSR count). The zero-order valence-electron chi connectivity index (χ0n) is 11.0. The third kappa shape index (κ3) is 3.12. The van der Waals surface area contributed by atoms with E-state index in [0.717, 1.165) is 17.6 Å². The summed E-state index contributed by atoms with van der Waals surface area (Å²) in [6.45, 7) is 6.75. The number of nitrogens with zero attached hydrogens (tertiary/aromatic N) is 1. The van der Waals surface area contributed by atoms with Gasteiger partial charge in [0.25, 0.3) is 0 Å². The van der Waals surface area contributed by atoms with Crippen molar-refractivity contribution in [2.45, 2.75) is 32.1 Å². The van der Waals surface area contributed by atoms with Gasteiger partial charge in [-0.2, -0.15) is 0 Å². The van der Waals surface area contributed by atoms with Gasteiger partial charge in [-0.15, -0.1) is 0 Å². The largest absolute Gasteiger partial charge is 0.373 e. The summed E-state index contributed by atoms with van der Waals surface area (Å²) in [4.78, 5) is 2.43. The Morgan fingerprint density at radius 3 is 2.50 bits per heavy atom. The summed E-state index contributed by atoms with van der Waals surface area (Å²) < 4.78 is 6.91. The molecule has 1 saturated heterocycles. The molecule has 0 aromatic heterocycles. The van der Waals surface area contributed by atoms with Crippen LogP contribution in [0.5, 0.6) is 0 Å². The van der Waals surface area contributed by atoms with Gasteiger partial charge in [0.15, 0.2) is 0 Å². The highest BCUT2D eigenvalue weighted by Crippen LogP contribution is 2.29. The Hall–Kier alpha value is -0.420. The van der Waals surface area contributed by atoms with Gasteiger partial charge in [-0.25, -0.2) is 0 Å². The molecular formula is C14H21BrN2O. The molecule has 2 N–H and O–H groups in total. The maximum Gasteiger partial charge on any atom is 0.0678 e. The summed E-state index contributed by atoms with van der Waals surface area (Å²) >= 11 is 3.62. The molecule has 18 heavy (non-hydrogen) atoms. The van der Waals surface area contributed by atoms with Crippen LogP contribution in [0.1, 0.15) is 25.5 Å². The van der Waals surface area contributed by atoms with Gasteiger partial charge in [0.2, 0.25) is 0 Å². The van der Waals surface area contributed by atoms with E-state index in [-0.39, 0.29) is 18.2 Å². The first-order valence-electron chi connectivity index (χ1n) is 6.45. The summed E-state index contributed by atoms with van der Waals surface area (Å²) in [5.74, 6) is 0. The monoisotopic (exact) mass is 312 g/mol. The van der Waals surface area contributed by atoms with Crippen LogP contribution in [0, 0.1) is 0 Å². The first-order valence-corrected chi connectivity index (χ1v) is 7.25. The Kier molecular flexibility index (Phi) is 4.78. The predicted octanol–water partition coefficient (Wildman–Crippen LogP) is 2.56. The third-order valence-corrected chi connectivity index (χ3v) is 4.10. The third-order valence-electron chi connectivity index (χ3n) is 3.38. The van der Waals surface area contributed by atoms with Crippen molar-refractivity contribution in [1.29, 1.82) is 0 Å². The number of nitrogens with two attached hydrogens (primary N) is 1. The van der Waals surface area contributed by atoms with Crippen molar-refractivity contribution in [3.05, 3.63) is 34.3 Å². The van der Waals surface area contributed by atoms with E-state index < -0.39 is 0 Å². The first kappa shape index (κ1) is 14.0. The molecule has 3 atom stereocenters. The van der Waals surface area contributed by atoms with Crippen LogP contribution in [0.25, 0.3) is 0 Å². The molecule has 100 valence electrons. The maximum atomic E-state index is 5.99. The molecule has 1 aliphatic rings. The number of morpholine rings is 1. The van der Waals surface area contributed by atoms with Crippen LogP contribution in [-0.4, -0.2) is 36.7 Å². The van der Waals surface area contributed by atoms with Gasteiger partial charge >= 0.3 is 0 Å². The number of benzene rings is 1. The number of hydrogen-bond donors (Lipinski definition) is 1. The second-order valence-electron chi connectivity index (χ2n) is 4.98. The molecule has 3 nitrogen and oxygen atoms in total. The zero-order chi connectivity index (χ0) is 13.1. The summed E-state index contributed by atoms with van der Waals surface area (Å²) in [7, 11) is 0. The molecule has 1 fully saturated rings. The van der Waals surface area contributed by atoms with Crippen LogP contribution >= 0.6 is 15.9 Å². The number of halogens is 1. The predicted molar refractivity (Wildman–Crippen MR) is 77.5 cm³/mol. The average Bonchev–Trinajstić information content (AvgIpc) is 2.31. The number of rotatable bonds is 3. The molecule has 0 aliphatic carbocycles. The van der Waals surface area contributed by atoms with E-state index in [1.54, 1.807) is 0 Å². The molecule has 1 heterocycles. The Morgan fingerprint density at radius 1 is 1.33 bits per heavy atom. The normalized spacial score (nSPS) is 27.1. The fraction of sp³-hybridized carbons (Fsp3) is 0.571. The van der Waals surface area contributed by atoms with Crippen molar-refractivity contribution < 1.29 is 4.74 Å². The highest BCUT2D eigenvalue weighted by atomic mass is 79.9. The van der Waals surface area contributed by atoms with Crippen LogP contribution < -0.4 is 5.73 Å². The van der Waals surface area contributed by atoms with Gasteiger partial charge in [0.1, 0.15) is 0 Å². The molecule has 1 unspecified atom stereocenters. The van der Waals surface area contributed by atoms with Crippen LogP contribution in [0.4, 0.5) is 0 Å². The lowest BCUT2D eigenvalue weighted by molar-refractivity contribution is -0.0800. The van der Waals surface area contributed by atoms with Gasteiger partial charge in [0, 0.05) is 30.1 Å². The van der Waals surface area contributed by atoms with Gasteiger partial charge in [-0.1, -0.05) is 34.1 Å². The van der Waals surface area contributed by atoms with Gasteiger partial charge < -0.3 is 10.5 Å². The molecule has 0 spiro atoms. The Bertz CT molecular complexity index is 389. The van der Waals surface area contributed by atoms with Crippen LogP contribution in [-0.2, 0) is 4.74 Å². The maximum absolute atomic E-state index is 5.99. The van der Waals surface area contributed by atoms with Gasteiger partial charge in [0.05, 0.1) is 12.2 Å². The summed E-state index contributed by atoms with van der Waals surface area (Å²) in [6.07, 6.45) is 0.538. The van der Waals surface area contributed by atoms with Crippen molar-refractivity contribution in [3.8, 4) is 0 Å². The molecule has 0 bridgehead atoms. The second-order valence-corrected chi connectivity index (χ2v) is 5.84. The lowest BCUT2D eigenvalue weighted by Gasteiger charge is -2.40. The van der Waals surface area contributed by atoms with Gasteiger partial charge in [-0.05, 0) is 25.5 Å². The minimum absolute atomic E-state index is 0.259. The van der Waals surface area contributed by atoms with E-state index in [1.807, 2.05) is 6.07 Å². The molecule has 1 aromatic carbocycles. The minimum Gasteiger partial charge on any atom is -0.373 e. The fourth-order valence-corrected chi connectivity index (χ4v) is 3.24. The molecule has 0 amide bonds. The highest BCUT2D eigenvalue weighted by molar-refractivity contribution is 9.10. The standard InChI is InChI=1S/C14H21BrN2O/c1-10-8-17(9-11(2)18-10)14(7-16)12-5-3-4-6-13(12)15/h3-6,10-11,14H,7-9,16H2,1-2H3/t10-,11+,14?. The highest BCUT2D eigenvalue weighted by Gasteiger charge is 2.28. The number of hydrogen-bond acceptors (Lipinski definition) is 3. The lowest BCUT2D eigenvalue weighted by atomic mass is 10.0. The van der Waals surface area contributed by atoms with E-state index in [2.05, 4.69) is 52.9 Å². The van der Waals surface area contributed by atoms with Crippen LogP contribution in [0.3, 0.4) is 0 Å². The molecule has 0 radical (unpaired) electrons. The summed E-state index contributed by atoms with van der Waals surface area (Å²) in [5.41, 5.74) is 7.26. The molecule has 1 aliphatic heterocycles. The van der Waals surface area contributed by atoms with Crippen molar-refractivity contribution in [1.82, 2.24) is 4.90 Å². The average molecular weight is 313 g/mol. The minimum atomic E-state index is 0.259. The van der Waals surface area contributed by atoms with Crippen molar-refractivity contribution in [2.75, 3.05) is 19.6 Å². The van der Waals surface area contributed by atoms with Crippen LogP contribution in [0.2, 0.25) is 0 Å². The summed E-state index contributed by atoms with van der Waals surface area (Å²) in [5, 5.41) is 0. The Labute approximate surface area is 117 Å². The first-order chi connectivity index (χ1) is 8.61. The van der Waals surface area contributed by atoms with E-state index in [0.29, 0.717) is 6.54 Å². The van der Waals surface area contributed by atoms with E-state index in [4.69, 9.17) is 10.5 Å².